The summed E-state index contributed by atoms with van der Waals surface area (Å²) in [5.74, 6) is -0.127. The lowest BCUT2D eigenvalue weighted by atomic mass is 10.1. The van der Waals surface area contributed by atoms with Crippen LogP contribution in [0.5, 0.6) is 0 Å². The topological polar surface area (TPSA) is 168 Å². The van der Waals surface area contributed by atoms with Crippen LogP contribution in [0.3, 0.4) is 0 Å². The van der Waals surface area contributed by atoms with Gasteiger partial charge in [-0.3, -0.25) is 15.3 Å². The minimum Gasteiger partial charge on any atom is -0.432 e. The fourth-order valence-electron chi connectivity index (χ4n) is 2.68. The number of aliphatic hydroxyl groups is 1. The van der Waals surface area contributed by atoms with Gasteiger partial charge in [0, 0.05) is 6.20 Å². The van der Waals surface area contributed by atoms with Crippen LogP contribution in [0.2, 0.25) is 0 Å². The fourth-order valence-corrected chi connectivity index (χ4v) is 2.68. The molecule has 1 saturated heterocycles. The van der Waals surface area contributed by atoms with Crippen molar-refractivity contribution in [2.75, 3.05) is 12.1 Å². The Morgan fingerprint density at radius 1 is 1.17 bits per heavy atom. The lowest BCUT2D eigenvalue weighted by Gasteiger charge is -2.24. The molecule has 1 aliphatic rings. The second-order valence-electron chi connectivity index (χ2n) is 6.86. The molecule has 2 rings (SSSR count). The van der Waals surface area contributed by atoms with Crippen molar-refractivity contribution in [3.8, 4) is 0 Å². The quantitative estimate of drug-likeness (QED) is 0.411. The highest BCUT2D eigenvalue weighted by atomic mass is 16.8. The molecular weight excluding hydrogens is 406 g/mol. The van der Waals surface area contributed by atoms with Gasteiger partial charge in [0.05, 0.1) is 18.8 Å². The molecule has 0 amide bonds. The minimum atomic E-state index is -1.37. The highest BCUT2D eigenvalue weighted by molar-refractivity contribution is 5.62. The van der Waals surface area contributed by atoms with Gasteiger partial charge < -0.3 is 28.8 Å². The predicted octanol–water partition coefficient (Wildman–Crippen LogP) is 0.794. The summed E-state index contributed by atoms with van der Waals surface area (Å²) >= 11 is 0. The Kier molecular flexibility index (Phi) is 7.97. The molecule has 0 radical (unpaired) electrons. The molecular formula is C17H25N3O10. The van der Waals surface area contributed by atoms with E-state index in [-0.39, 0.29) is 5.82 Å². The number of hydrogen-bond acceptors (Lipinski definition) is 12. The van der Waals surface area contributed by atoms with Crippen molar-refractivity contribution in [1.82, 2.24) is 9.55 Å². The third-order valence-electron chi connectivity index (χ3n) is 3.81. The molecule has 0 aliphatic carbocycles. The second-order valence-corrected chi connectivity index (χ2v) is 6.86. The summed E-state index contributed by atoms with van der Waals surface area (Å²) in [5.41, 5.74) is 0.859. The lowest BCUT2D eigenvalue weighted by Crippen LogP contribution is -2.42. The van der Waals surface area contributed by atoms with Gasteiger partial charge in [0.1, 0.15) is 6.10 Å². The fraction of sp³-hybridized carbons (Fsp3) is 0.647. The summed E-state index contributed by atoms with van der Waals surface area (Å²) in [6, 6.07) is 1.25. The first-order chi connectivity index (χ1) is 14.2. The van der Waals surface area contributed by atoms with E-state index in [0.717, 1.165) is 4.57 Å². The van der Waals surface area contributed by atoms with E-state index in [2.05, 4.69) is 4.98 Å². The molecule has 0 spiro atoms. The number of ether oxygens (including phenoxy) is 5. The van der Waals surface area contributed by atoms with Crippen LogP contribution in [-0.2, 0) is 23.7 Å². The van der Waals surface area contributed by atoms with Crippen molar-refractivity contribution in [3.63, 3.8) is 0 Å². The largest absolute Gasteiger partial charge is 0.509 e. The molecule has 1 fully saturated rings. The zero-order valence-corrected chi connectivity index (χ0v) is 16.9. The summed E-state index contributed by atoms with van der Waals surface area (Å²) in [5, 5.41) is 18.6. The molecule has 4 unspecified atom stereocenters. The maximum Gasteiger partial charge on any atom is 0.509 e. The van der Waals surface area contributed by atoms with Gasteiger partial charge in [0.2, 0.25) is 0 Å². The third kappa shape index (κ3) is 5.81. The van der Waals surface area contributed by atoms with Crippen molar-refractivity contribution in [2.45, 2.75) is 64.4 Å². The van der Waals surface area contributed by atoms with Crippen molar-refractivity contribution in [2.24, 2.45) is 0 Å². The van der Waals surface area contributed by atoms with E-state index in [4.69, 9.17) is 28.9 Å². The summed E-state index contributed by atoms with van der Waals surface area (Å²) in [6.07, 6.45) is -7.09. The van der Waals surface area contributed by atoms with Gasteiger partial charge >= 0.3 is 18.0 Å². The van der Waals surface area contributed by atoms with Crippen LogP contribution in [0.25, 0.3) is 0 Å². The predicted molar refractivity (Wildman–Crippen MR) is 97.9 cm³/mol. The van der Waals surface area contributed by atoms with Gasteiger partial charge in [-0.25, -0.2) is 14.4 Å². The van der Waals surface area contributed by atoms with Crippen LogP contribution >= 0.6 is 0 Å². The number of rotatable bonds is 7. The van der Waals surface area contributed by atoms with E-state index in [1.165, 1.54) is 12.3 Å². The molecule has 30 heavy (non-hydrogen) atoms. The molecule has 13 heteroatoms. The molecule has 1 aromatic heterocycles. The van der Waals surface area contributed by atoms with Crippen LogP contribution in [0.4, 0.5) is 15.4 Å². The molecule has 1 aromatic rings. The Balaban J connectivity index is 2.37. The molecule has 13 nitrogen and oxygen atoms in total. The van der Waals surface area contributed by atoms with Gasteiger partial charge in [0.15, 0.2) is 24.3 Å². The first-order valence-electron chi connectivity index (χ1n) is 9.16. The zero-order chi connectivity index (χ0) is 22.4. The molecule has 4 atom stereocenters. The van der Waals surface area contributed by atoms with Crippen LogP contribution < -0.4 is 11.2 Å². The molecule has 3 N–H and O–H groups in total. The van der Waals surface area contributed by atoms with Crippen molar-refractivity contribution >= 4 is 18.1 Å². The number of carbonyl (C=O) groups excluding carboxylic acids is 2. The third-order valence-corrected chi connectivity index (χ3v) is 3.81. The standard InChI is InChI=1S/C17H25N3O10/c1-8(2)26-16(23)29-12-10(7-21)28-14(13(12)30-17(24)27-9(3)4)20-6-5-11(19-25)18-15(20)22/h5-6,8-10,12-14,21,25H,7H2,1-4H3,(H,18,19,22). The van der Waals surface area contributed by atoms with E-state index in [1.54, 1.807) is 33.2 Å². The molecule has 1 aliphatic heterocycles. The number of anilines is 1. The minimum absolute atomic E-state index is 0.127. The summed E-state index contributed by atoms with van der Waals surface area (Å²) in [4.78, 5) is 40.0. The van der Waals surface area contributed by atoms with Gasteiger partial charge in [0.25, 0.3) is 0 Å². The normalized spacial score (nSPS) is 23.3. The van der Waals surface area contributed by atoms with Crippen LogP contribution in [-0.4, -0.2) is 69.3 Å². The van der Waals surface area contributed by atoms with E-state index in [9.17, 15) is 19.5 Å². The average molecular weight is 431 g/mol. The summed E-state index contributed by atoms with van der Waals surface area (Å²) < 4.78 is 26.9. The van der Waals surface area contributed by atoms with Gasteiger partial charge in [-0.15, -0.1) is 0 Å². The first-order valence-corrected chi connectivity index (χ1v) is 9.16. The second kappa shape index (κ2) is 10.2. The molecule has 0 aromatic carbocycles. The maximum absolute atomic E-state index is 12.3. The van der Waals surface area contributed by atoms with E-state index in [1.807, 2.05) is 0 Å². The number of aromatic nitrogens is 2. The number of nitrogens with zero attached hydrogens (tertiary/aromatic N) is 2. The number of carbonyl (C=O) groups is 2. The summed E-state index contributed by atoms with van der Waals surface area (Å²) in [6.45, 7) is 5.80. The van der Waals surface area contributed by atoms with E-state index >= 15 is 0 Å². The van der Waals surface area contributed by atoms with Gasteiger partial charge in [-0.05, 0) is 33.8 Å². The number of aliphatic hydroxyl groups excluding tert-OH is 1. The lowest BCUT2D eigenvalue weighted by molar-refractivity contribution is -0.0723. The molecule has 0 bridgehead atoms. The average Bonchev–Trinajstić information content (AvgIpc) is 2.97. The molecule has 2 heterocycles. The van der Waals surface area contributed by atoms with E-state index < -0.39 is 61.4 Å². The zero-order valence-electron chi connectivity index (χ0n) is 16.9. The van der Waals surface area contributed by atoms with Crippen LogP contribution in [0, 0.1) is 0 Å². The van der Waals surface area contributed by atoms with E-state index in [0.29, 0.717) is 0 Å². The number of nitrogens with one attached hydrogen (secondary N) is 1. The molecule has 168 valence electrons. The van der Waals surface area contributed by atoms with Crippen LogP contribution in [0.15, 0.2) is 17.1 Å². The Morgan fingerprint density at radius 2 is 1.73 bits per heavy atom. The van der Waals surface area contributed by atoms with Crippen molar-refractivity contribution in [3.05, 3.63) is 22.7 Å². The smallest absolute Gasteiger partial charge is 0.432 e. The monoisotopic (exact) mass is 431 g/mol. The first kappa shape index (κ1) is 23.4. The van der Waals surface area contributed by atoms with Gasteiger partial charge in [-0.2, -0.15) is 4.98 Å². The summed E-state index contributed by atoms with van der Waals surface area (Å²) in [7, 11) is 0. The Hall–Kier alpha value is -2.90. The Morgan fingerprint density at radius 3 is 2.20 bits per heavy atom. The maximum atomic E-state index is 12.3. The molecule has 0 saturated carbocycles. The Labute approximate surface area is 171 Å². The Bertz CT molecular complexity index is 796. The highest BCUT2D eigenvalue weighted by Crippen LogP contribution is 2.33. The van der Waals surface area contributed by atoms with Crippen LogP contribution in [0.1, 0.15) is 33.9 Å². The van der Waals surface area contributed by atoms with Crippen molar-refractivity contribution < 1.29 is 43.6 Å². The highest BCUT2D eigenvalue weighted by Gasteiger charge is 2.51. The number of hydrogen-bond donors (Lipinski definition) is 3. The SMILES string of the molecule is CC(C)OC(=O)OC1C(CO)OC(n2ccc(NO)nc2=O)C1OC(=O)OC(C)C. The van der Waals surface area contributed by atoms with Crippen molar-refractivity contribution in [1.29, 1.82) is 0 Å². The van der Waals surface area contributed by atoms with Gasteiger partial charge in [-0.1, -0.05) is 0 Å².